The summed E-state index contributed by atoms with van der Waals surface area (Å²) in [5.41, 5.74) is 0. The SMILES string of the molecule is O=C(O)c1cc(S(=O)(=O)NC2CCCC2CO)c(Br)s1. The van der Waals surface area contributed by atoms with Gasteiger partial charge in [-0.3, -0.25) is 0 Å². The smallest absolute Gasteiger partial charge is 0.345 e. The fourth-order valence-corrected chi connectivity index (χ4v) is 6.06. The van der Waals surface area contributed by atoms with E-state index in [1.54, 1.807) is 0 Å². The van der Waals surface area contributed by atoms with Crippen LogP contribution in [-0.4, -0.2) is 37.2 Å². The molecule has 2 rings (SSSR count). The molecule has 0 amide bonds. The first-order valence-electron chi connectivity index (χ1n) is 6.01. The maximum atomic E-state index is 12.3. The Bertz CT molecular complexity index is 612. The van der Waals surface area contributed by atoms with E-state index in [9.17, 15) is 18.3 Å². The largest absolute Gasteiger partial charge is 0.477 e. The molecular formula is C11H14BrNO5S2. The molecule has 0 saturated heterocycles. The molecule has 1 aromatic heterocycles. The van der Waals surface area contributed by atoms with Crippen molar-refractivity contribution in [2.45, 2.75) is 30.2 Å². The number of carbonyl (C=O) groups is 1. The molecule has 112 valence electrons. The van der Waals surface area contributed by atoms with Crippen molar-refractivity contribution >= 4 is 43.3 Å². The second-order valence-corrected chi connectivity index (χ2v) is 8.71. The van der Waals surface area contributed by atoms with Gasteiger partial charge in [0.2, 0.25) is 10.0 Å². The Balaban J connectivity index is 2.24. The van der Waals surface area contributed by atoms with Crippen LogP contribution in [0.3, 0.4) is 0 Å². The predicted molar refractivity (Wildman–Crippen MR) is 77.5 cm³/mol. The Morgan fingerprint density at radius 2 is 2.20 bits per heavy atom. The van der Waals surface area contributed by atoms with Crippen molar-refractivity contribution < 1.29 is 23.4 Å². The van der Waals surface area contributed by atoms with E-state index < -0.39 is 16.0 Å². The fourth-order valence-electron chi connectivity index (χ4n) is 2.31. The number of aromatic carboxylic acids is 1. The van der Waals surface area contributed by atoms with Gasteiger partial charge in [-0.25, -0.2) is 17.9 Å². The zero-order valence-electron chi connectivity index (χ0n) is 10.4. The first kappa shape index (κ1) is 15.9. The minimum atomic E-state index is -3.79. The van der Waals surface area contributed by atoms with Gasteiger partial charge in [-0.1, -0.05) is 6.42 Å². The molecule has 2 atom stereocenters. The minimum Gasteiger partial charge on any atom is -0.477 e. The van der Waals surface area contributed by atoms with E-state index in [1.165, 1.54) is 0 Å². The van der Waals surface area contributed by atoms with E-state index in [1.807, 2.05) is 0 Å². The number of carboxylic acids is 1. The molecule has 0 aromatic carbocycles. The molecule has 3 N–H and O–H groups in total. The lowest BCUT2D eigenvalue weighted by molar-refractivity contribution is 0.0702. The topological polar surface area (TPSA) is 104 Å². The molecule has 20 heavy (non-hydrogen) atoms. The van der Waals surface area contributed by atoms with Crippen LogP contribution in [0.1, 0.15) is 28.9 Å². The summed E-state index contributed by atoms with van der Waals surface area (Å²) in [5, 5.41) is 18.1. The standard InChI is InChI=1S/C11H14BrNO5S2/c12-10-9(4-8(19-10)11(15)16)20(17,18)13-7-3-1-2-6(7)5-14/h4,6-7,13-14H,1-3,5H2,(H,15,16). The molecule has 6 nitrogen and oxygen atoms in total. The van der Waals surface area contributed by atoms with Crippen LogP contribution < -0.4 is 4.72 Å². The maximum absolute atomic E-state index is 12.3. The van der Waals surface area contributed by atoms with Gasteiger partial charge in [-0.2, -0.15) is 0 Å². The van der Waals surface area contributed by atoms with Crippen molar-refractivity contribution in [3.8, 4) is 0 Å². The molecule has 0 radical (unpaired) electrons. The predicted octanol–water partition coefficient (Wildman–Crippen LogP) is 1.65. The third kappa shape index (κ3) is 3.22. The highest BCUT2D eigenvalue weighted by atomic mass is 79.9. The summed E-state index contributed by atoms with van der Waals surface area (Å²) in [7, 11) is -3.79. The van der Waals surface area contributed by atoms with Crippen molar-refractivity contribution in [1.29, 1.82) is 0 Å². The van der Waals surface area contributed by atoms with E-state index in [2.05, 4.69) is 20.7 Å². The van der Waals surface area contributed by atoms with Gasteiger partial charge in [-0.05, 0) is 40.8 Å². The average Bonchev–Trinajstić information content (AvgIpc) is 2.95. The maximum Gasteiger partial charge on any atom is 0.345 e. The van der Waals surface area contributed by atoms with Crippen LogP contribution in [0.4, 0.5) is 0 Å². The molecule has 2 unspecified atom stereocenters. The third-order valence-corrected chi connectivity index (χ3v) is 7.09. The first-order valence-corrected chi connectivity index (χ1v) is 9.10. The molecule has 0 spiro atoms. The molecule has 1 saturated carbocycles. The van der Waals surface area contributed by atoms with Gasteiger partial charge < -0.3 is 10.2 Å². The van der Waals surface area contributed by atoms with Gasteiger partial charge >= 0.3 is 5.97 Å². The Labute approximate surface area is 129 Å². The molecule has 0 bridgehead atoms. The molecular weight excluding hydrogens is 370 g/mol. The van der Waals surface area contributed by atoms with Crippen molar-refractivity contribution in [3.05, 3.63) is 14.7 Å². The second-order valence-electron chi connectivity index (χ2n) is 4.66. The molecule has 1 aliphatic rings. The van der Waals surface area contributed by atoms with Crippen LogP contribution in [0.15, 0.2) is 14.7 Å². The number of thiophene rings is 1. The summed E-state index contributed by atoms with van der Waals surface area (Å²) in [6, 6.07) is 0.840. The monoisotopic (exact) mass is 383 g/mol. The highest BCUT2D eigenvalue weighted by Gasteiger charge is 2.32. The lowest BCUT2D eigenvalue weighted by Crippen LogP contribution is -2.38. The van der Waals surface area contributed by atoms with Crippen LogP contribution in [0.2, 0.25) is 0 Å². The number of aliphatic hydroxyl groups excluding tert-OH is 1. The number of halogens is 1. The Hall–Kier alpha value is -0.480. The molecule has 9 heteroatoms. The first-order chi connectivity index (χ1) is 9.35. The quantitative estimate of drug-likeness (QED) is 0.716. The Kier molecular flexibility index (Phi) is 4.85. The van der Waals surface area contributed by atoms with E-state index >= 15 is 0 Å². The average molecular weight is 384 g/mol. The van der Waals surface area contributed by atoms with Gasteiger partial charge in [0.05, 0.1) is 3.79 Å². The van der Waals surface area contributed by atoms with Crippen LogP contribution in [0.5, 0.6) is 0 Å². The molecule has 1 fully saturated rings. The van der Waals surface area contributed by atoms with Crippen molar-refractivity contribution in [1.82, 2.24) is 4.72 Å². The van der Waals surface area contributed by atoms with Crippen LogP contribution in [0.25, 0.3) is 0 Å². The molecule has 1 aromatic rings. The summed E-state index contributed by atoms with van der Waals surface area (Å²) in [4.78, 5) is 10.8. The van der Waals surface area contributed by atoms with E-state index in [4.69, 9.17) is 5.11 Å². The summed E-state index contributed by atoms with van der Waals surface area (Å²) in [6.07, 6.45) is 2.33. The highest BCUT2D eigenvalue weighted by molar-refractivity contribution is 9.11. The van der Waals surface area contributed by atoms with Gasteiger partial charge in [0.15, 0.2) is 0 Å². The van der Waals surface area contributed by atoms with E-state index in [0.29, 0.717) is 6.42 Å². The summed E-state index contributed by atoms with van der Waals surface area (Å²) < 4.78 is 27.4. The van der Waals surface area contributed by atoms with Crippen molar-refractivity contribution in [2.75, 3.05) is 6.61 Å². The number of sulfonamides is 1. The summed E-state index contributed by atoms with van der Waals surface area (Å²) >= 11 is 3.95. The van der Waals surface area contributed by atoms with Gasteiger partial charge in [-0.15, -0.1) is 11.3 Å². The van der Waals surface area contributed by atoms with Gasteiger partial charge in [0, 0.05) is 12.6 Å². The number of rotatable bonds is 5. The molecule has 1 heterocycles. The minimum absolute atomic E-state index is 0.0395. The Morgan fingerprint density at radius 3 is 2.75 bits per heavy atom. The van der Waals surface area contributed by atoms with E-state index in [-0.39, 0.29) is 32.1 Å². The summed E-state index contributed by atoms with van der Waals surface area (Å²) in [5.74, 6) is -1.24. The second kappa shape index (κ2) is 6.10. The van der Waals surface area contributed by atoms with Crippen LogP contribution >= 0.6 is 27.3 Å². The third-order valence-electron chi connectivity index (χ3n) is 3.36. The van der Waals surface area contributed by atoms with Gasteiger partial charge in [0.1, 0.15) is 9.77 Å². The van der Waals surface area contributed by atoms with Crippen LogP contribution in [0, 0.1) is 5.92 Å². The zero-order chi connectivity index (χ0) is 14.9. The number of hydrogen-bond acceptors (Lipinski definition) is 5. The Morgan fingerprint density at radius 1 is 1.50 bits per heavy atom. The lowest BCUT2D eigenvalue weighted by Gasteiger charge is -2.18. The molecule has 1 aliphatic carbocycles. The number of hydrogen-bond donors (Lipinski definition) is 3. The van der Waals surface area contributed by atoms with Crippen molar-refractivity contribution in [3.63, 3.8) is 0 Å². The normalized spacial score (nSPS) is 23.1. The van der Waals surface area contributed by atoms with E-state index in [0.717, 1.165) is 30.2 Å². The number of aliphatic hydroxyl groups is 1. The van der Waals surface area contributed by atoms with Gasteiger partial charge in [0.25, 0.3) is 0 Å². The number of nitrogens with one attached hydrogen (secondary N) is 1. The highest BCUT2D eigenvalue weighted by Crippen LogP contribution is 2.33. The number of carboxylic acid groups (broad SMARTS) is 1. The molecule has 0 aliphatic heterocycles. The van der Waals surface area contributed by atoms with Crippen molar-refractivity contribution in [2.24, 2.45) is 5.92 Å². The lowest BCUT2D eigenvalue weighted by atomic mass is 10.1. The zero-order valence-corrected chi connectivity index (χ0v) is 13.6. The van der Waals surface area contributed by atoms with Crippen LogP contribution in [-0.2, 0) is 10.0 Å². The summed E-state index contributed by atoms with van der Waals surface area (Å²) in [6.45, 7) is -0.0572. The fraction of sp³-hybridized carbons (Fsp3) is 0.545.